The summed E-state index contributed by atoms with van der Waals surface area (Å²) in [6.07, 6.45) is 8.74. The number of ether oxygens (including phenoxy) is 1. The molecule has 8 nitrogen and oxygen atoms in total. The number of nitrogens with one attached hydrogen (secondary N) is 2. The van der Waals surface area contributed by atoms with Crippen molar-refractivity contribution in [2.45, 2.75) is 64.3 Å². The molecule has 1 aromatic heterocycles. The van der Waals surface area contributed by atoms with Crippen LogP contribution in [0.2, 0.25) is 0 Å². The molecular weight excluding hydrogens is 448 g/mol. The van der Waals surface area contributed by atoms with Crippen LogP contribution in [-0.4, -0.2) is 38.7 Å². The van der Waals surface area contributed by atoms with E-state index in [4.69, 9.17) is 4.74 Å². The third-order valence-corrected chi connectivity index (χ3v) is 8.97. The lowest BCUT2D eigenvalue weighted by Crippen LogP contribution is -2.51. The number of aryl methyl sites for hydroxylation is 3. The molecule has 0 atom stereocenters. The molecule has 3 aliphatic rings. The number of carbonyl (C=O) groups excluding carboxylic acids is 1. The van der Waals surface area contributed by atoms with Crippen LogP contribution in [0, 0.1) is 6.92 Å². The highest BCUT2D eigenvalue weighted by Gasteiger charge is 2.35. The predicted octanol–water partition coefficient (Wildman–Crippen LogP) is 3.48. The Kier molecular flexibility index (Phi) is 5.85. The number of thiazole rings is 1. The van der Waals surface area contributed by atoms with Crippen LogP contribution in [0.3, 0.4) is 0 Å². The molecule has 32 heavy (non-hydrogen) atoms. The zero-order valence-electron chi connectivity index (χ0n) is 18.1. The van der Waals surface area contributed by atoms with E-state index in [1.165, 1.54) is 26.8 Å². The molecule has 0 saturated carbocycles. The molecule has 2 amide bonds. The van der Waals surface area contributed by atoms with Crippen molar-refractivity contribution in [1.82, 2.24) is 9.71 Å². The predicted molar refractivity (Wildman–Crippen MR) is 125 cm³/mol. The van der Waals surface area contributed by atoms with Crippen LogP contribution < -0.4 is 14.3 Å². The summed E-state index contributed by atoms with van der Waals surface area (Å²) >= 11 is 1.30. The minimum absolute atomic E-state index is 0.301. The van der Waals surface area contributed by atoms with E-state index in [2.05, 4.69) is 21.1 Å². The van der Waals surface area contributed by atoms with Gasteiger partial charge in [-0.05, 0) is 80.5 Å². The van der Waals surface area contributed by atoms with Gasteiger partial charge in [-0.3, -0.25) is 0 Å². The molecule has 0 spiro atoms. The van der Waals surface area contributed by atoms with Gasteiger partial charge in [-0.15, -0.1) is 11.3 Å². The minimum Gasteiger partial charge on any atom is -0.381 e. The Hall–Kier alpha value is -2.17. The summed E-state index contributed by atoms with van der Waals surface area (Å²) in [6.45, 7) is 2.84. The number of hydrogen-bond acceptors (Lipinski definition) is 6. The summed E-state index contributed by atoms with van der Waals surface area (Å²) in [7, 11) is -4.15. The molecule has 10 heteroatoms. The smallest absolute Gasteiger partial charge is 0.334 e. The van der Waals surface area contributed by atoms with E-state index in [1.807, 2.05) is 6.92 Å². The first-order valence-corrected chi connectivity index (χ1v) is 13.5. The quantitative estimate of drug-likeness (QED) is 0.688. The van der Waals surface area contributed by atoms with Gasteiger partial charge in [0.1, 0.15) is 0 Å². The highest BCUT2D eigenvalue weighted by atomic mass is 32.2. The average Bonchev–Trinajstić information content (AvgIpc) is 3.49. The van der Waals surface area contributed by atoms with Crippen molar-refractivity contribution in [2.24, 2.45) is 0 Å². The fourth-order valence-corrected chi connectivity index (χ4v) is 7.48. The van der Waals surface area contributed by atoms with E-state index < -0.39 is 16.2 Å². The maximum Gasteiger partial charge on any atom is 0.334 e. The first kappa shape index (κ1) is 21.7. The van der Waals surface area contributed by atoms with Gasteiger partial charge in [0.05, 0.1) is 6.04 Å². The Morgan fingerprint density at radius 2 is 1.78 bits per heavy atom. The van der Waals surface area contributed by atoms with Crippen LogP contribution in [0.5, 0.6) is 0 Å². The van der Waals surface area contributed by atoms with Gasteiger partial charge >= 0.3 is 16.2 Å². The zero-order chi connectivity index (χ0) is 22.3. The van der Waals surface area contributed by atoms with E-state index in [1.54, 1.807) is 6.20 Å². The van der Waals surface area contributed by atoms with Gasteiger partial charge in [-0.2, -0.15) is 8.42 Å². The molecule has 5 rings (SSSR count). The fraction of sp³-hybridized carbons (Fsp3) is 0.545. The topological polar surface area (TPSA) is 101 Å². The lowest BCUT2D eigenvalue weighted by atomic mass is 9.99. The SMILES string of the molecule is Cc1cnc(N(C2CCOCC2)S(=O)(=O)NC(=O)Nc2c3c(cc4c2CCC4)CCC3)s1. The fourth-order valence-electron chi connectivity index (χ4n) is 5.09. The highest BCUT2D eigenvalue weighted by molar-refractivity contribution is 7.91. The summed E-state index contributed by atoms with van der Waals surface area (Å²) in [6, 6.07) is 1.26. The molecule has 0 unspecified atom stereocenters. The molecule has 1 fully saturated rings. The van der Waals surface area contributed by atoms with E-state index in [0.29, 0.717) is 31.2 Å². The monoisotopic (exact) mass is 476 g/mol. The van der Waals surface area contributed by atoms with Crippen molar-refractivity contribution in [2.75, 3.05) is 22.8 Å². The molecule has 0 radical (unpaired) electrons. The van der Waals surface area contributed by atoms with E-state index in [9.17, 15) is 13.2 Å². The van der Waals surface area contributed by atoms with Crippen molar-refractivity contribution in [3.05, 3.63) is 39.4 Å². The number of aromatic nitrogens is 1. The Morgan fingerprint density at radius 3 is 2.38 bits per heavy atom. The van der Waals surface area contributed by atoms with Crippen molar-refractivity contribution < 1.29 is 17.9 Å². The lowest BCUT2D eigenvalue weighted by Gasteiger charge is -2.32. The number of benzene rings is 1. The number of carbonyl (C=O) groups is 1. The number of fused-ring (bicyclic) bond motifs is 2. The molecule has 1 saturated heterocycles. The summed E-state index contributed by atoms with van der Waals surface area (Å²) in [4.78, 5) is 18.2. The van der Waals surface area contributed by atoms with Gasteiger partial charge in [-0.25, -0.2) is 18.8 Å². The van der Waals surface area contributed by atoms with Crippen molar-refractivity contribution in [3.63, 3.8) is 0 Å². The van der Waals surface area contributed by atoms with Gasteiger partial charge in [-0.1, -0.05) is 6.07 Å². The summed E-state index contributed by atoms with van der Waals surface area (Å²) in [5.41, 5.74) is 5.71. The molecule has 2 N–H and O–H groups in total. The zero-order valence-corrected chi connectivity index (χ0v) is 19.8. The maximum atomic E-state index is 13.4. The standard InChI is InChI=1S/C22H28N4O4S2/c1-14-13-23-22(31-14)26(17-8-10-30-11-9-17)32(28,29)25-21(27)24-20-18-6-2-4-15(18)12-16-5-3-7-19(16)20/h12-13,17H,2-11H2,1H3,(H2,24,25,27). The Labute approximate surface area is 192 Å². The van der Waals surface area contributed by atoms with E-state index in [-0.39, 0.29) is 6.04 Å². The molecular formula is C22H28N4O4S2. The van der Waals surface area contributed by atoms with Gasteiger partial charge in [0.15, 0.2) is 0 Å². The van der Waals surface area contributed by atoms with E-state index >= 15 is 0 Å². The van der Waals surface area contributed by atoms with Crippen LogP contribution in [0.1, 0.15) is 52.8 Å². The molecule has 2 aromatic rings. The number of amides is 2. The van der Waals surface area contributed by atoms with Gasteiger partial charge in [0.2, 0.25) is 5.13 Å². The molecule has 1 aromatic carbocycles. The minimum atomic E-state index is -4.15. The average molecular weight is 477 g/mol. The lowest BCUT2D eigenvalue weighted by molar-refractivity contribution is 0.0875. The molecule has 172 valence electrons. The number of hydrogen-bond donors (Lipinski definition) is 2. The van der Waals surface area contributed by atoms with E-state index in [0.717, 1.165) is 60.2 Å². The number of urea groups is 1. The van der Waals surface area contributed by atoms with Crippen molar-refractivity contribution >= 4 is 38.4 Å². The Morgan fingerprint density at radius 1 is 1.12 bits per heavy atom. The van der Waals surface area contributed by atoms with Gasteiger partial charge in [0, 0.05) is 30.0 Å². The molecule has 2 heterocycles. The van der Waals surface area contributed by atoms with Crippen molar-refractivity contribution in [1.29, 1.82) is 0 Å². The van der Waals surface area contributed by atoms with Crippen LogP contribution in [0.15, 0.2) is 12.3 Å². The maximum absolute atomic E-state index is 13.4. The summed E-state index contributed by atoms with van der Waals surface area (Å²) in [5, 5.41) is 3.29. The van der Waals surface area contributed by atoms with Gasteiger partial charge < -0.3 is 10.1 Å². The molecule has 0 bridgehead atoms. The van der Waals surface area contributed by atoms with Crippen molar-refractivity contribution in [3.8, 4) is 0 Å². The number of rotatable bonds is 5. The number of anilines is 2. The second-order valence-corrected chi connectivity index (χ2v) is 11.4. The molecule has 2 aliphatic carbocycles. The Bertz CT molecular complexity index is 1110. The summed E-state index contributed by atoms with van der Waals surface area (Å²) in [5.74, 6) is 0. The molecule has 1 aliphatic heterocycles. The highest BCUT2D eigenvalue weighted by Crippen LogP contribution is 2.38. The normalized spacial score (nSPS) is 18.3. The first-order valence-electron chi connectivity index (χ1n) is 11.2. The Balaban J connectivity index is 1.41. The largest absolute Gasteiger partial charge is 0.381 e. The third-order valence-electron chi connectivity index (χ3n) is 6.51. The van der Waals surface area contributed by atoms with Gasteiger partial charge in [0.25, 0.3) is 0 Å². The summed E-state index contributed by atoms with van der Waals surface area (Å²) < 4.78 is 35.7. The second kappa shape index (κ2) is 8.64. The second-order valence-electron chi connectivity index (χ2n) is 8.69. The third kappa shape index (κ3) is 4.11. The van der Waals surface area contributed by atoms with Crippen LogP contribution in [-0.2, 0) is 40.6 Å². The van der Waals surface area contributed by atoms with Crippen LogP contribution in [0.25, 0.3) is 0 Å². The van der Waals surface area contributed by atoms with Crippen LogP contribution >= 0.6 is 11.3 Å². The van der Waals surface area contributed by atoms with Crippen LogP contribution in [0.4, 0.5) is 15.6 Å². The first-order chi connectivity index (χ1) is 15.4. The number of nitrogens with zero attached hydrogens (tertiary/aromatic N) is 2.